The Balaban J connectivity index is 1.95. The molecule has 0 aromatic carbocycles. The normalized spacial score (nSPS) is 25.7. The summed E-state index contributed by atoms with van der Waals surface area (Å²) in [4.78, 5) is 0. The Labute approximate surface area is 78.6 Å². The zero-order chi connectivity index (χ0) is 9.26. The molecule has 1 aliphatic rings. The van der Waals surface area contributed by atoms with Gasteiger partial charge in [0.15, 0.2) is 0 Å². The van der Waals surface area contributed by atoms with Gasteiger partial charge in [-0.3, -0.25) is 0 Å². The average molecular weight is 177 g/mol. The van der Waals surface area contributed by atoms with E-state index in [9.17, 15) is 0 Å². The van der Waals surface area contributed by atoms with Crippen LogP contribution in [-0.2, 0) is 0 Å². The highest BCUT2D eigenvalue weighted by atomic mass is 15.2. The molecule has 13 heavy (non-hydrogen) atoms. The first-order chi connectivity index (χ1) is 6.29. The van der Waals surface area contributed by atoms with Gasteiger partial charge in [0.2, 0.25) is 0 Å². The molecule has 1 fully saturated rings. The van der Waals surface area contributed by atoms with Crippen molar-refractivity contribution in [3.8, 4) is 0 Å². The van der Waals surface area contributed by atoms with Crippen LogP contribution in [-0.4, -0.2) is 16.2 Å². The molecule has 3 heteroatoms. The van der Waals surface area contributed by atoms with Crippen LogP contribution in [0.25, 0.3) is 0 Å². The summed E-state index contributed by atoms with van der Waals surface area (Å²) in [6, 6.07) is 2.68. The Morgan fingerprint density at radius 2 is 2.46 bits per heavy atom. The molecule has 2 rings (SSSR count). The number of nitrogens with one attached hydrogen (secondary N) is 1. The average Bonchev–Trinajstić information content (AvgIpc) is 2.83. The monoisotopic (exact) mass is 177 g/mol. The molecule has 1 aliphatic carbocycles. The van der Waals surface area contributed by atoms with Gasteiger partial charge in [-0.1, -0.05) is 13.3 Å². The van der Waals surface area contributed by atoms with E-state index >= 15 is 0 Å². The van der Waals surface area contributed by atoms with Gasteiger partial charge in [-0.2, -0.15) is 5.10 Å². The summed E-state index contributed by atoms with van der Waals surface area (Å²) in [5.74, 6) is 1.77. The lowest BCUT2D eigenvalue weighted by molar-refractivity contribution is 0.772. The lowest BCUT2D eigenvalue weighted by Gasteiger charge is -2.03. The van der Waals surface area contributed by atoms with E-state index in [4.69, 9.17) is 0 Å². The van der Waals surface area contributed by atoms with Gasteiger partial charge in [0.25, 0.3) is 0 Å². The minimum Gasteiger partial charge on any atom is -0.366 e. The van der Waals surface area contributed by atoms with Gasteiger partial charge in [-0.15, -0.1) is 5.10 Å². The summed E-state index contributed by atoms with van der Waals surface area (Å²) < 4.78 is 0. The van der Waals surface area contributed by atoms with Crippen molar-refractivity contribution in [1.29, 1.82) is 0 Å². The van der Waals surface area contributed by atoms with Crippen LogP contribution in [0.1, 0.15) is 25.3 Å². The van der Waals surface area contributed by atoms with E-state index in [0.29, 0.717) is 6.04 Å². The fourth-order valence-electron chi connectivity index (χ4n) is 1.60. The SMILES string of the molecule is CCC1CC1Nc1cc(C)cnn1. The van der Waals surface area contributed by atoms with Crippen LogP contribution in [0.15, 0.2) is 12.3 Å². The summed E-state index contributed by atoms with van der Waals surface area (Å²) in [6.45, 7) is 4.26. The molecule has 2 unspecified atom stereocenters. The summed E-state index contributed by atoms with van der Waals surface area (Å²) in [7, 11) is 0. The van der Waals surface area contributed by atoms with E-state index in [-0.39, 0.29) is 0 Å². The first-order valence-corrected chi connectivity index (χ1v) is 4.85. The third-order valence-corrected chi connectivity index (χ3v) is 2.57. The van der Waals surface area contributed by atoms with E-state index < -0.39 is 0 Å². The maximum atomic E-state index is 4.03. The highest BCUT2D eigenvalue weighted by Crippen LogP contribution is 2.35. The quantitative estimate of drug-likeness (QED) is 0.767. The molecule has 0 spiro atoms. The Kier molecular flexibility index (Phi) is 2.17. The molecule has 0 bridgehead atoms. The Morgan fingerprint density at radius 3 is 3.08 bits per heavy atom. The summed E-state index contributed by atoms with van der Waals surface area (Å²) >= 11 is 0. The van der Waals surface area contributed by atoms with E-state index in [1.165, 1.54) is 12.8 Å². The third-order valence-electron chi connectivity index (χ3n) is 2.57. The molecule has 1 aromatic rings. The number of hydrogen-bond donors (Lipinski definition) is 1. The van der Waals surface area contributed by atoms with Crippen molar-refractivity contribution in [2.24, 2.45) is 5.92 Å². The molecule has 0 amide bonds. The standard InChI is InChI=1S/C10H15N3/c1-3-8-5-9(8)12-10-4-7(2)6-11-13-10/h4,6,8-9H,3,5H2,1-2H3,(H,12,13). The van der Waals surface area contributed by atoms with Crippen molar-refractivity contribution in [3.05, 3.63) is 17.8 Å². The molecule has 0 aliphatic heterocycles. The minimum absolute atomic E-state index is 0.640. The first-order valence-electron chi connectivity index (χ1n) is 4.85. The topological polar surface area (TPSA) is 37.8 Å². The van der Waals surface area contributed by atoms with Crippen molar-refractivity contribution >= 4 is 5.82 Å². The second-order valence-corrected chi connectivity index (χ2v) is 3.77. The van der Waals surface area contributed by atoms with Crippen molar-refractivity contribution in [1.82, 2.24) is 10.2 Å². The first kappa shape index (κ1) is 8.48. The highest BCUT2D eigenvalue weighted by Gasteiger charge is 2.35. The smallest absolute Gasteiger partial charge is 0.149 e. The number of hydrogen-bond acceptors (Lipinski definition) is 3. The van der Waals surface area contributed by atoms with Crippen LogP contribution in [0.5, 0.6) is 0 Å². The van der Waals surface area contributed by atoms with E-state index in [1.807, 2.05) is 13.0 Å². The van der Waals surface area contributed by atoms with Crippen LogP contribution in [0.2, 0.25) is 0 Å². The number of rotatable bonds is 3. The summed E-state index contributed by atoms with van der Waals surface area (Å²) in [6.07, 6.45) is 4.32. The zero-order valence-corrected chi connectivity index (χ0v) is 8.12. The molecular formula is C10H15N3. The Hall–Kier alpha value is -1.12. The van der Waals surface area contributed by atoms with Crippen molar-refractivity contribution in [2.45, 2.75) is 32.7 Å². The molecule has 1 heterocycles. The van der Waals surface area contributed by atoms with Crippen LogP contribution in [0.3, 0.4) is 0 Å². The third kappa shape index (κ3) is 1.97. The zero-order valence-electron chi connectivity index (χ0n) is 8.12. The molecule has 0 radical (unpaired) electrons. The molecule has 3 nitrogen and oxygen atoms in total. The van der Waals surface area contributed by atoms with Gasteiger partial charge in [-0.05, 0) is 30.9 Å². The maximum Gasteiger partial charge on any atom is 0.149 e. The second kappa shape index (κ2) is 3.32. The van der Waals surface area contributed by atoms with E-state index in [1.54, 1.807) is 6.20 Å². The van der Waals surface area contributed by atoms with Crippen molar-refractivity contribution in [3.63, 3.8) is 0 Å². The van der Waals surface area contributed by atoms with Crippen LogP contribution >= 0.6 is 0 Å². The Bertz CT molecular complexity index is 298. The lowest BCUT2D eigenvalue weighted by atomic mass is 10.3. The fourth-order valence-corrected chi connectivity index (χ4v) is 1.60. The summed E-state index contributed by atoms with van der Waals surface area (Å²) in [5, 5.41) is 11.3. The van der Waals surface area contributed by atoms with E-state index in [0.717, 1.165) is 17.3 Å². The maximum absolute atomic E-state index is 4.03. The minimum atomic E-state index is 0.640. The van der Waals surface area contributed by atoms with Gasteiger partial charge in [0.05, 0.1) is 6.20 Å². The number of anilines is 1. The molecule has 70 valence electrons. The predicted molar refractivity (Wildman–Crippen MR) is 52.6 cm³/mol. The molecular weight excluding hydrogens is 162 g/mol. The second-order valence-electron chi connectivity index (χ2n) is 3.77. The molecule has 0 saturated heterocycles. The lowest BCUT2D eigenvalue weighted by Crippen LogP contribution is -2.06. The number of aromatic nitrogens is 2. The van der Waals surface area contributed by atoms with Crippen molar-refractivity contribution in [2.75, 3.05) is 5.32 Å². The predicted octanol–water partition coefficient (Wildman–Crippen LogP) is 2.00. The molecule has 2 atom stereocenters. The van der Waals surface area contributed by atoms with Gasteiger partial charge < -0.3 is 5.32 Å². The van der Waals surface area contributed by atoms with Gasteiger partial charge in [0.1, 0.15) is 5.82 Å². The highest BCUT2D eigenvalue weighted by molar-refractivity contribution is 5.38. The number of aryl methyl sites for hydroxylation is 1. The van der Waals surface area contributed by atoms with Crippen LogP contribution < -0.4 is 5.32 Å². The Morgan fingerprint density at radius 1 is 1.62 bits per heavy atom. The van der Waals surface area contributed by atoms with Gasteiger partial charge >= 0.3 is 0 Å². The van der Waals surface area contributed by atoms with Gasteiger partial charge in [0, 0.05) is 6.04 Å². The molecule has 1 N–H and O–H groups in total. The van der Waals surface area contributed by atoms with Gasteiger partial charge in [-0.25, -0.2) is 0 Å². The van der Waals surface area contributed by atoms with Crippen LogP contribution in [0.4, 0.5) is 5.82 Å². The number of nitrogens with zero attached hydrogens (tertiary/aromatic N) is 2. The molecule has 1 aromatic heterocycles. The fraction of sp³-hybridized carbons (Fsp3) is 0.600. The van der Waals surface area contributed by atoms with Crippen molar-refractivity contribution < 1.29 is 0 Å². The molecule has 1 saturated carbocycles. The van der Waals surface area contributed by atoms with E-state index in [2.05, 4.69) is 22.4 Å². The summed E-state index contributed by atoms with van der Waals surface area (Å²) in [5.41, 5.74) is 1.16. The van der Waals surface area contributed by atoms with Crippen LogP contribution in [0, 0.1) is 12.8 Å². The largest absolute Gasteiger partial charge is 0.366 e.